The van der Waals surface area contributed by atoms with Crippen molar-refractivity contribution >= 4 is 16.8 Å². The first-order valence-electron chi connectivity index (χ1n) is 6.62. The van der Waals surface area contributed by atoms with Crippen LogP contribution in [0.5, 0.6) is 0 Å². The Morgan fingerprint density at radius 2 is 2.28 bits per heavy atom. The lowest BCUT2D eigenvalue weighted by molar-refractivity contribution is 0.244. The largest absolute Gasteiger partial charge is 0.439 e. The Bertz CT molecular complexity index is 545. The SMILES string of the molecule is CCN(Cc1nc2cc(N)ccc2o1)CC1CC1. The molecule has 1 aromatic carbocycles. The van der Waals surface area contributed by atoms with Crippen LogP contribution in [0, 0.1) is 5.92 Å². The van der Waals surface area contributed by atoms with Gasteiger partial charge in [-0.2, -0.15) is 0 Å². The molecule has 0 saturated heterocycles. The molecule has 0 amide bonds. The van der Waals surface area contributed by atoms with Crippen LogP contribution in [0.1, 0.15) is 25.7 Å². The number of aromatic nitrogens is 1. The van der Waals surface area contributed by atoms with Crippen molar-refractivity contribution in [2.24, 2.45) is 5.92 Å². The molecule has 1 heterocycles. The molecule has 3 rings (SSSR count). The molecule has 0 bridgehead atoms. The molecular formula is C14H19N3O. The summed E-state index contributed by atoms with van der Waals surface area (Å²) >= 11 is 0. The van der Waals surface area contributed by atoms with Gasteiger partial charge < -0.3 is 10.2 Å². The Balaban J connectivity index is 1.76. The molecule has 0 unspecified atom stereocenters. The minimum atomic E-state index is 0.729. The zero-order chi connectivity index (χ0) is 12.5. The van der Waals surface area contributed by atoms with Gasteiger partial charge in [-0.15, -0.1) is 0 Å². The third-order valence-corrected chi connectivity index (χ3v) is 3.48. The summed E-state index contributed by atoms with van der Waals surface area (Å²) in [5.74, 6) is 1.68. The van der Waals surface area contributed by atoms with Crippen LogP contribution in [0.3, 0.4) is 0 Å². The van der Waals surface area contributed by atoms with Crippen LogP contribution in [-0.4, -0.2) is 23.0 Å². The number of fused-ring (bicyclic) bond motifs is 1. The van der Waals surface area contributed by atoms with E-state index in [0.29, 0.717) is 0 Å². The summed E-state index contributed by atoms with van der Waals surface area (Å²) in [4.78, 5) is 6.90. The second-order valence-electron chi connectivity index (χ2n) is 5.11. The van der Waals surface area contributed by atoms with E-state index in [0.717, 1.165) is 48.2 Å². The minimum absolute atomic E-state index is 0.729. The highest BCUT2D eigenvalue weighted by Gasteiger charge is 2.24. The number of rotatable bonds is 5. The van der Waals surface area contributed by atoms with E-state index in [1.54, 1.807) is 0 Å². The zero-order valence-electron chi connectivity index (χ0n) is 10.7. The van der Waals surface area contributed by atoms with E-state index >= 15 is 0 Å². The molecule has 0 aliphatic heterocycles. The molecule has 1 saturated carbocycles. The number of benzene rings is 1. The second-order valence-corrected chi connectivity index (χ2v) is 5.11. The molecule has 18 heavy (non-hydrogen) atoms. The van der Waals surface area contributed by atoms with E-state index in [2.05, 4.69) is 16.8 Å². The molecule has 0 radical (unpaired) electrons. The normalized spacial score (nSPS) is 15.7. The fourth-order valence-electron chi connectivity index (χ4n) is 2.22. The fraction of sp³-hybridized carbons (Fsp3) is 0.500. The van der Waals surface area contributed by atoms with Crippen molar-refractivity contribution in [1.82, 2.24) is 9.88 Å². The van der Waals surface area contributed by atoms with Crippen molar-refractivity contribution in [1.29, 1.82) is 0 Å². The predicted molar refractivity (Wildman–Crippen MR) is 72.1 cm³/mol. The molecule has 4 heteroatoms. The maximum absolute atomic E-state index is 5.75. The smallest absolute Gasteiger partial charge is 0.209 e. The monoisotopic (exact) mass is 245 g/mol. The first kappa shape index (κ1) is 11.5. The van der Waals surface area contributed by atoms with Gasteiger partial charge in [-0.1, -0.05) is 6.92 Å². The lowest BCUT2D eigenvalue weighted by Gasteiger charge is -2.17. The maximum atomic E-state index is 5.75. The second kappa shape index (κ2) is 4.61. The molecule has 1 aromatic heterocycles. The third-order valence-electron chi connectivity index (χ3n) is 3.48. The predicted octanol–water partition coefficient (Wildman–Crippen LogP) is 2.64. The Labute approximate surface area is 107 Å². The Hall–Kier alpha value is -1.55. The zero-order valence-corrected chi connectivity index (χ0v) is 10.7. The van der Waals surface area contributed by atoms with Gasteiger partial charge in [0.1, 0.15) is 5.52 Å². The van der Waals surface area contributed by atoms with E-state index < -0.39 is 0 Å². The van der Waals surface area contributed by atoms with Crippen molar-refractivity contribution in [3.8, 4) is 0 Å². The van der Waals surface area contributed by atoms with Gasteiger partial charge in [-0.05, 0) is 43.5 Å². The van der Waals surface area contributed by atoms with E-state index in [1.807, 2.05) is 18.2 Å². The first-order chi connectivity index (χ1) is 8.74. The van der Waals surface area contributed by atoms with E-state index in [9.17, 15) is 0 Å². The molecule has 1 aliphatic rings. The van der Waals surface area contributed by atoms with Crippen LogP contribution in [0.25, 0.3) is 11.1 Å². The van der Waals surface area contributed by atoms with Crippen molar-refractivity contribution in [3.05, 3.63) is 24.1 Å². The molecule has 2 aromatic rings. The average molecular weight is 245 g/mol. The molecule has 4 nitrogen and oxygen atoms in total. The molecule has 96 valence electrons. The van der Waals surface area contributed by atoms with Crippen molar-refractivity contribution in [3.63, 3.8) is 0 Å². The topological polar surface area (TPSA) is 55.3 Å². The highest BCUT2D eigenvalue weighted by molar-refractivity contribution is 5.76. The van der Waals surface area contributed by atoms with Crippen molar-refractivity contribution in [2.45, 2.75) is 26.3 Å². The van der Waals surface area contributed by atoms with Crippen molar-refractivity contribution < 1.29 is 4.42 Å². The molecule has 0 spiro atoms. The van der Waals surface area contributed by atoms with Gasteiger partial charge in [0.25, 0.3) is 0 Å². The number of anilines is 1. The first-order valence-corrected chi connectivity index (χ1v) is 6.62. The van der Waals surface area contributed by atoms with Gasteiger partial charge in [0.2, 0.25) is 5.89 Å². The van der Waals surface area contributed by atoms with Gasteiger partial charge in [0, 0.05) is 12.2 Å². The third kappa shape index (κ3) is 2.48. The Morgan fingerprint density at radius 3 is 3.00 bits per heavy atom. The lowest BCUT2D eigenvalue weighted by Crippen LogP contribution is -2.25. The number of hydrogen-bond acceptors (Lipinski definition) is 4. The summed E-state index contributed by atoms with van der Waals surface area (Å²) in [6.07, 6.45) is 2.75. The quantitative estimate of drug-likeness (QED) is 0.823. The van der Waals surface area contributed by atoms with E-state index in [4.69, 9.17) is 10.2 Å². The van der Waals surface area contributed by atoms with Crippen LogP contribution in [-0.2, 0) is 6.54 Å². The van der Waals surface area contributed by atoms with Gasteiger partial charge in [-0.3, -0.25) is 4.90 Å². The molecular weight excluding hydrogens is 226 g/mol. The van der Waals surface area contributed by atoms with Crippen LogP contribution in [0.4, 0.5) is 5.69 Å². The molecule has 1 aliphatic carbocycles. The van der Waals surface area contributed by atoms with Gasteiger partial charge in [0.05, 0.1) is 6.54 Å². The van der Waals surface area contributed by atoms with Crippen molar-refractivity contribution in [2.75, 3.05) is 18.8 Å². The van der Waals surface area contributed by atoms with Crippen LogP contribution in [0.2, 0.25) is 0 Å². The average Bonchev–Trinajstić information content (AvgIpc) is 3.07. The van der Waals surface area contributed by atoms with Gasteiger partial charge >= 0.3 is 0 Å². The molecule has 1 fully saturated rings. The Kier molecular flexibility index (Phi) is 2.96. The highest BCUT2D eigenvalue weighted by Crippen LogP contribution is 2.30. The molecule has 2 N–H and O–H groups in total. The van der Waals surface area contributed by atoms with Crippen LogP contribution < -0.4 is 5.73 Å². The Morgan fingerprint density at radius 1 is 1.44 bits per heavy atom. The van der Waals surface area contributed by atoms with E-state index in [-0.39, 0.29) is 0 Å². The molecule has 0 atom stereocenters. The summed E-state index contributed by atoms with van der Waals surface area (Å²) in [6.45, 7) is 5.18. The van der Waals surface area contributed by atoms with Crippen LogP contribution in [0.15, 0.2) is 22.6 Å². The number of nitrogen functional groups attached to an aromatic ring is 1. The number of hydrogen-bond donors (Lipinski definition) is 1. The summed E-state index contributed by atoms with van der Waals surface area (Å²) in [5, 5.41) is 0. The standard InChI is InChI=1S/C14H19N3O/c1-2-17(8-10-3-4-10)9-14-16-12-7-11(15)5-6-13(12)18-14/h5-7,10H,2-4,8-9,15H2,1H3. The fourth-order valence-corrected chi connectivity index (χ4v) is 2.22. The summed E-state index contributed by atoms with van der Waals surface area (Å²) in [5.41, 5.74) is 8.15. The summed E-state index contributed by atoms with van der Waals surface area (Å²) in [7, 11) is 0. The summed E-state index contributed by atoms with van der Waals surface area (Å²) in [6, 6.07) is 5.59. The van der Waals surface area contributed by atoms with Crippen LogP contribution >= 0.6 is 0 Å². The van der Waals surface area contributed by atoms with E-state index in [1.165, 1.54) is 12.8 Å². The maximum Gasteiger partial charge on any atom is 0.209 e. The number of nitrogens with two attached hydrogens (primary N) is 1. The number of oxazole rings is 1. The van der Waals surface area contributed by atoms with Gasteiger partial charge in [-0.25, -0.2) is 4.98 Å². The lowest BCUT2D eigenvalue weighted by atomic mass is 10.3. The minimum Gasteiger partial charge on any atom is -0.439 e. The highest BCUT2D eigenvalue weighted by atomic mass is 16.3. The summed E-state index contributed by atoms with van der Waals surface area (Å²) < 4.78 is 5.75. The number of nitrogens with zero attached hydrogens (tertiary/aromatic N) is 2. The van der Waals surface area contributed by atoms with Gasteiger partial charge in [0.15, 0.2) is 5.58 Å².